The molecule has 0 amide bonds. The highest BCUT2D eigenvalue weighted by Crippen LogP contribution is 2.26. The molecule has 2 aromatic carbocycles. The van der Waals surface area contributed by atoms with Gasteiger partial charge in [0.25, 0.3) is 5.95 Å². The van der Waals surface area contributed by atoms with Gasteiger partial charge in [0, 0.05) is 0 Å². The number of nitrogens with one attached hydrogen (secondary N) is 1. The molecular weight excluding hydrogens is 254 g/mol. The van der Waals surface area contributed by atoms with Crippen molar-refractivity contribution in [2.75, 3.05) is 12.4 Å². The van der Waals surface area contributed by atoms with Gasteiger partial charge in [-0.2, -0.15) is 4.68 Å². The second-order valence-corrected chi connectivity index (χ2v) is 4.08. The van der Waals surface area contributed by atoms with Crippen molar-refractivity contribution in [1.82, 2.24) is 20.2 Å². The molecule has 1 aromatic heterocycles. The average molecular weight is 267 g/mol. The number of anilines is 2. The number of aromatic nitrogens is 4. The van der Waals surface area contributed by atoms with E-state index in [2.05, 4.69) is 20.8 Å². The molecule has 0 saturated heterocycles. The largest absolute Gasteiger partial charge is 0.495 e. The van der Waals surface area contributed by atoms with E-state index in [9.17, 15) is 0 Å². The molecule has 0 aliphatic rings. The molecule has 6 nitrogen and oxygen atoms in total. The van der Waals surface area contributed by atoms with Crippen molar-refractivity contribution in [2.24, 2.45) is 0 Å². The molecule has 20 heavy (non-hydrogen) atoms. The molecule has 0 unspecified atom stereocenters. The molecule has 0 aliphatic heterocycles. The molecule has 0 fully saturated rings. The SMILES string of the molecule is COc1ccccc1Nc1nnnn1-c1ccccc1. The Morgan fingerprint density at radius 2 is 1.75 bits per heavy atom. The summed E-state index contributed by atoms with van der Waals surface area (Å²) >= 11 is 0. The summed E-state index contributed by atoms with van der Waals surface area (Å²) in [7, 11) is 1.63. The second kappa shape index (κ2) is 5.40. The molecule has 0 radical (unpaired) electrons. The van der Waals surface area contributed by atoms with E-state index in [1.54, 1.807) is 11.8 Å². The zero-order valence-electron chi connectivity index (χ0n) is 10.9. The summed E-state index contributed by atoms with van der Waals surface area (Å²) in [5, 5.41) is 14.9. The van der Waals surface area contributed by atoms with E-state index in [4.69, 9.17) is 4.74 Å². The molecule has 3 rings (SSSR count). The summed E-state index contributed by atoms with van der Waals surface area (Å²) in [6, 6.07) is 17.3. The van der Waals surface area contributed by atoms with Crippen LogP contribution in [0, 0.1) is 0 Å². The van der Waals surface area contributed by atoms with Gasteiger partial charge in [0.15, 0.2) is 0 Å². The van der Waals surface area contributed by atoms with Crippen LogP contribution in [0.4, 0.5) is 11.6 Å². The summed E-state index contributed by atoms with van der Waals surface area (Å²) in [6.07, 6.45) is 0. The molecule has 3 aromatic rings. The topological polar surface area (TPSA) is 64.9 Å². The maximum atomic E-state index is 5.30. The third kappa shape index (κ3) is 2.31. The van der Waals surface area contributed by atoms with Gasteiger partial charge in [0.05, 0.1) is 18.5 Å². The number of hydrogen-bond acceptors (Lipinski definition) is 5. The van der Waals surface area contributed by atoms with E-state index in [1.807, 2.05) is 54.6 Å². The van der Waals surface area contributed by atoms with Crippen molar-refractivity contribution in [3.63, 3.8) is 0 Å². The predicted octanol–water partition coefficient (Wildman–Crippen LogP) is 2.41. The second-order valence-electron chi connectivity index (χ2n) is 4.08. The van der Waals surface area contributed by atoms with Crippen molar-refractivity contribution in [3.05, 3.63) is 54.6 Å². The van der Waals surface area contributed by atoms with Crippen LogP contribution in [0.3, 0.4) is 0 Å². The fourth-order valence-corrected chi connectivity index (χ4v) is 1.88. The number of rotatable bonds is 4. The minimum atomic E-state index is 0.528. The number of hydrogen-bond donors (Lipinski definition) is 1. The Bertz CT molecular complexity index is 696. The third-order valence-corrected chi connectivity index (χ3v) is 2.82. The van der Waals surface area contributed by atoms with Crippen molar-refractivity contribution >= 4 is 11.6 Å². The normalized spacial score (nSPS) is 10.2. The Balaban J connectivity index is 1.95. The number of benzene rings is 2. The molecular formula is C14H13N5O. The number of nitrogens with zero attached hydrogens (tertiary/aromatic N) is 4. The van der Waals surface area contributed by atoms with Crippen molar-refractivity contribution in [1.29, 1.82) is 0 Å². The summed E-state index contributed by atoms with van der Waals surface area (Å²) in [6.45, 7) is 0. The highest BCUT2D eigenvalue weighted by atomic mass is 16.5. The summed E-state index contributed by atoms with van der Waals surface area (Å²) in [4.78, 5) is 0. The lowest BCUT2D eigenvalue weighted by molar-refractivity contribution is 0.417. The molecule has 1 N–H and O–H groups in total. The van der Waals surface area contributed by atoms with Crippen LogP contribution in [-0.2, 0) is 0 Å². The van der Waals surface area contributed by atoms with Crippen molar-refractivity contribution in [3.8, 4) is 11.4 Å². The summed E-state index contributed by atoms with van der Waals surface area (Å²) in [5.41, 5.74) is 1.69. The monoisotopic (exact) mass is 267 g/mol. The smallest absolute Gasteiger partial charge is 0.252 e. The first kappa shape index (κ1) is 12.2. The number of tetrazole rings is 1. The highest BCUT2D eigenvalue weighted by molar-refractivity contribution is 5.63. The van der Waals surface area contributed by atoms with E-state index >= 15 is 0 Å². The van der Waals surface area contributed by atoms with Gasteiger partial charge in [-0.05, 0) is 34.7 Å². The van der Waals surface area contributed by atoms with Crippen LogP contribution in [0.2, 0.25) is 0 Å². The van der Waals surface area contributed by atoms with E-state index in [0.717, 1.165) is 17.1 Å². The van der Waals surface area contributed by atoms with Crippen LogP contribution in [0.25, 0.3) is 5.69 Å². The molecule has 0 spiro atoms. The first-order chi connectivity index (χ1) is 9.88. The van der Waals surface area contributed by atoms with Gasteiger partial charge in [-0.1, -0.05) is 35.4 Å². The molecule has 0 saturated carbocycles. The van der Waals surface area contributed by atoms with Gasteiger partial charge in [-0.25, -0.2) is 0 Å². The first-order valence-corrected chi connectivity index (χ1v) is 6.12. The maximum absolute atomic E-state index is 5.30. The van der Waals surface area contributed by atoms with Crippen molar-refractivity contribution < 1.29 is 4.74 Å². The van der Waals surface area contributed by atoms with E-state index in [-0.39, 0.29) is 0 Å². The third-order valence-electron chi connectivity index (χ3n) is 2.82. The molecule has 0 bridgehead atoms. The maximum Gasteiger partial charge on any atom is 0.252 e. The first-order valence-electron chi connectivity index (χ1n) is 6.12. The Hall–Kier alpha value is -2.89. The fraction of sp³-hybridized carbons (Fsp3) is 0.0714. The van der Waals surface area contributed by atoms with E-state index < -0.39 is 0 Å². The van der Waals surface area contributed by atoms with Crippen LogP contribution in [0.5, 0.6) is 5.75 Å². The number of methoxy groups -OCH3 is 1. The standard InChI is InChI=1S/C14H13N5O/c1-20-13-10-6-5-9-12(13)15-14-16-17-18-19(14)11-7-3-2-4-8-11/h2-10H,1H3,(H,15,16,18). The highest BCUT2D eigenvalue weighted by Gasteiger charge is 2.10. The quantitative estimate of drug-likeness (QED) is 0.786. The van der Waals surface area contributed by atoms with Gasteiger partial charge >= 0.3 is 0 Å². The molecule has 0 aliphatic carbocycles. The van der Waals surface area contributed by atoms with Crippen LogP contribution in [-0.4, -0.2) is 27.3 Å². The number of ether oxygens (including phenoxy) is 1. The van der Waals surface area contributed by atoms with E-state index in [1.165, 1.54) is 0 Å². The van der Waals surface area contributed by atoms with Gasteiger partial charge in [-0.15, -0.1) is 0 Å². The lowest BCUT2D eigenvalue weighted by Gasteiger charge is -2.10. The molecule has 6 heteroatoms. The van der Waals surface area contributed by atoms with Crippen LogP contribution in [0.1, 0.15) is 0 Å². The zero-order chi connectivity index (χ0) is 13.8. The van der Waals surface area contributed by atoms with Gasteiger partial charge in [-0.3, -0.25) is 0 Å². The zero-order valence-corrected chi connectivity index (χ0v) is 10.9. The summed E-state index contributed by atoms with van der Waals surface area (Å²) < 4.78 is 6.93. The Kier molecular flexibility index (Phi) is 3.28. The molecule has 100 valence electrons. The molecule has 0 atom stereocenters. The summed E-state index contributed by atoms with van der Waals surface area (Å²) in [5.74, 6) is 1.26. The Morgan fingerprint density at radius 3 is 2.55 bits per heavy atom. The lowest BCUT2D eigenvalue weighted by atomic mass is 10.3. The van der Waals surface area contributed by atoms with Crippen LogP contribution in [0.15, 0.2) is 54.6 Å². The Morgan fingerprint density at radius 1 is 1.00 bits per heavy atom. The fourth-order valence-electron chi connectivity index (χ4n) is 1.88. The van der Waals surface area contributed by atoms with Crippen molar-refractivity contribution in [2.45, 2.75) is 0 Å². The van der Waals surface area contributed by atoms with Gasteiger partial charge in [0.2, 0.25) is 0 Å². The minimum Gasteiger partial charge on any atom is -0.495 e. The molecule has 1 heterocycles. The van der Waals surface area contributed by atoms with Crippen LogP contribution < -0.4 is 10.1 Å². The Labute approximate surface area is 116 Å². The lowest BCUT2D eigenvalue weighted by Crippen LogP contribution is -2.04. The van der Waals surface area contributed by atoms with Gasteiger partial charge < -0.3 is 10.1 Å². The number of para-hydroxylation sites is 3. The average Bonchev–Trinajstić information content (AvgIpc) is 2.97. The predicted molar refractivity (Wildman–Crippen MR) is 75.4 cm³/mol. The van der Waals surface area contributed by atoms with E-state index in [0.29, 0.717) is 5.95 Å². The minimum absolute atomic E-state index is 0.528. The van der Waals surface area contributed by atoms with Gasteiger partial charge in [0.1, 0.15) is 5.75 Å². The van der Waals surface area contributed by atoms with Crippen LogP contribution >= 0.6 is 0 Å².